The predicted octanol–water partition coefficient (Wildman–Crippen LogP) is 2.66. The number of nitrogens with zero attached hydrogens (tertiary/aromatic N) is 3. The second kappa shape index (κ2) is 12.6. The molecule has 1 aliphatic heterocycles. The Labute approximate surface area is 192 Å². The van der Waals surface area contributed by atoms with Crippen LogP contribution in [0.4, 0.5) is 10.1 Å². The average molecular weight is 544 g/mol. The van der Waals surface area contributed by atoms with Crippen molar-refractivity contribution in [1.82, 2.24) is 15.5 Å². The van der Waals surface area contributed by atoms with Gasteiger partial charge in [-0.15, -0.1) is 24.0 Å². The van der Waals surface area contributed by atoms with Crippen LogP contribution in [0.1, 0.15) is 6.42 Å². The predicted molar refractivity (Wildman–Crippen MR) is 128 cm³/mol. The van der Waals surface area contributed by atoms with Crippen LogP contribution >= 0.6 is 47.3 Å². The Kier molecular flexibility index (Phi) is 11.3. The molecule has 1 fully saturated rings. The van der Waals surface area contributed by atoms with Crippen molar-refractivity contribution in [3.8, 4) is 0 Å². The third kappa shape index (κ3) is 7.82. The van der Waals surface area contributed by atoms with Crippen LogP contribution in [0.25, 0.3) is 0 Å². The highest BCUT2D eigenvalue weighted by molar-refractivity contribution is 14.0. The summed E-state index contributed by atoms with van der Waals surface area (Å²) in [6.07, 6.45) is 2.94. The lowest BCUT2D eigenvalue weighted by Crippen LogP contribution is -2.45. The molecule has 28 heavy (non-hydrogen) atoms. The molecule has 2 rings (SSSR count). The zero-order valence-corrected chi connectivity index (χ0v) is 20.3. The minimum Gasteiger partial charge on any atom is -0.369 e. The minimum atomic E-state index is -0.409. The molecule has 158 valence electrons. The van der Waals surface area contributed by atoms with Gasteiger partial charge in [0, 0.05) is 51.2 Å². The Hall–Kier alpha value is -0.940. The number of hydrogen-bond acceptors (Lipinski definition) is 4. The lowest BCUT2D eigenvalue weighted by Gasteiger charge is -2.21. The number of amides is 1. The number of thioether (sulfide) groups is 1. The van der Waals surface area contributed by atoms with E-state index in [0.29, 0.717) is 5.96 Å². The number of aliphatic imine (C=N–C) groups is 1. The Morgan fingerprint density at radius 2 is 2.21 bits per heavy atom. The molecule has 1 amide bonds. The highest BCUT2D eigenvalue weighted by Gasteiger charge is 2.24. The smallest absolute Gasteiger partial charge is 0.243 e. The lowest BCUT2D eigenvalue weighted by molar-refractivity contribution is -0.127. The fourth-order valence-electron chi connectivity index (χ4n) is 2.70. The number of rotatable bonds is 7. The summed E-state index contributed by atoms with van der Waals surface area (Å²) in [6, 6.07) is 5.04. The van der Waals surface area contributed by atoms with Crippen LogP contribution < -0.4 is 15.5 Å². The van der Waals surface area contributed by atoms with Crippen molar-refractivity contribution in [2.75, 3.05) is 57.2 Å². The molecule has 1 saturated heterocycles. The van der Waals surface area contributed by atoms with Crippen molar-refractivity contribution >= 4 is 64.9 Å². The van der Waals surface area contributed by atoms with Crippen LogP contribution in [-0.2, 0) is 4.79 Å². The van der Waals surface area contributed by atoms with E-state index in [1.165, 1.54) is 11.0 Å². The van der Waals surface area contributed by atoms with E-state index in [1.54, 1.807) is 31.9 Å². The van der Waals surface area contributed by atoms with Crippen molar-refractivity contribution in [3.63, 3.8) is 0 Å². The molecule has 10 heteroatoms. The maximum absolute atomic E-state index is 13.7. The van der Waals surface area contributed by atoms with Crippen LogP contribution in [0.15, 0.2) is 23.2 Å². The topological polar surface area (TPSA) is 60.0 Å². The summed E-state index contributed by atoms with van der Waals surface area (Å²) < 4.78 is 13.7. The van der Waals surface area contributed by atoms with Gasteiger partial charge in [-0.25, -0.2) is 9.38 Å². The van der Waals surface area contributed by atoms with E-state index < -0.39 is 5.82 Å². The summed E-state index contributed by atoms with van der Waals surface area (Å²) in [6.45, 7) is 2.40. The number of hydrogen-bond donors (Lipinski definition) is 2. The first-order valence-electron chi connectivity index (χ1n) is 8.84. The number of nitrogens with one attached hydrogen (secondary N) is 2. The van der Waals surface area contributed by atoms with Gasteiger partial charge in [-0.3, -0.25) is 4.79 Å². The number of anilines is 1. The van der Waals surface area contributed by atoms with Gasteiger partial charge in [0.05, 0.1) is 5.02 Å². The normalized spacial score (nSPS) is 16.5. The minimum absolute atomic E-state index is 0. The summed E-state index contributed by atoms with van der Waals surface area (Å²) in [5.74, 6) is 1.12. The molecule has 0 spiro atoms. The summed E-state index contributed by atoms with van der Waals surface area (Å²) >= 11 is 7.51. The molecule has 1 atom stereocenters. The molecule has 0 bridgehead atoms. The van der Waals surface area contributed by atoms with E-state index in [-0.39, 0.29) is 47.5 Å². The zero-order chi connectivity index (χ0) is 19.8. The molecule has 0 aromatic heterocycles. The van der Waals surface area contributed by atoms with Gasteiger partial charge in [-0.2, -0.15) is 11.8 Å². The molecule has 0 radical (unpaired) electrons. The Balaban J connectivity index is 0.00000392. The van der Waals surface area contributed by atoms with Crippen molar-refractivity contribution < 1.29 is 9.18 Å². The summed E-state index contributed by atoms with van der Waals surface area (Å²) in [4.78, 5) is 19.9. The lowest BCUT2D eigenvalue weighted by atomic mass is 10.2. The van der Waals surface area contributed by atoms with Gasteiger partial charge in [0.1, 0.15) is 12.4 Å². The van der Waals surface area contributed by atoms with Crippen molar-refractivity contribution in [1.29, 1.82) is 0 Å². The number of likely N-dealkylation sites (N-methyl/N-ethyl adjacent to an activating group) is 1. The van der Waals surface area contributed by atoms with Crippen molar-refractivity contribution in [2.24, 2.45) is 4.99 Å². The highest BCUT2D eigenvalue weighted by atomic mass is 127. The molecule has 1 aromatic carbocycles. The molecule has 1 heterocycles. The maximum atomic E-state index is 13.7. The quantitative estimate of drug-likeness (QED) is 0.240. The van der Waals surface area contributed by atoms with Gasteiger partial charge in [0.2, 0.25) is 5.91 Å². The first kappa shape index (κ1) is 25.1. The maximum Gasteiger partial charge on any atom is 0.243 e. The largest absolute Gasteiger partial charge is 0.369 e. The number of halogens is 3. The fourth-order valence-corrected chi connectivity index (χ4v) is 3.12. The van der Waals surface area contributed by atoms with Crippen LogP contribution in [0, 0.1) is 5.82 Å². The Bertz CT molecular complexity index is 679. The molecule has 1 aliphatic rings. The SMILES string of the molecule is CSCCNC(=NCC(=O)N(C)C)NC1CCN(c2ccc(Cl)c(F)c2)C1.I. The summed E-state index contributed by atoms with van der Waals surface area (Å²) in [7, 11) is 3.43. The monoisotopic (exact) mass is 543 g/mol. The second-order valence-corrected chi connectivity index (χ2v) is 7.94. The van der Waals surface area contributed by atoms with Crippen molar-refractivity contribution in [2.45, 2.75) is 12.5 Å². The molecule has 6 nitrogen and oxygen atoms in total. The van der Waals surface area contributed by atoms with Gasteiger partial charge >= 0.3 is 0 Å². The van der Waals surface area contributed by atoms with Crippen LogP contribution in [0.5, 0.6) is 0 Å². The van der Waals surface area contributed by atoms with E-state index >= 15 is 0 Å². The third-order valence-corrected chi connectivity index (χ3v) is 5.19. The third-order valence-electron chi connectivity index (χ3n) is 4.27. The number of carbonyl (C=O) groups is 1. The fraction of sp³-hybridized carbons (Fsp3) is 0.556. The van der Waals surface area contributed by atoms with Crippen LogP contribution in [0.2, 0.25) is 5.02 Å². The Morgan fingerprint density at radius 1 is 1.46 bits per heavy atom. The molecule has 0 aliphatic carbocycles. The van der Waals surface area contributed by atoms with Gasteiger partial charge in [-0.1, -0.05) is 11.6 Å². The van der Waals surface area contributed by atoms with Gasteiger partial charge in [0.25, 0.3) is 0 Å². The van der Waals surface area contributed by atoms with Gasteiger partial charge < -0.3 is 20.4 Å². The summed E-state index contributed by atoms with van der Waals surface area (Å²) in [5.41, 5.74) is 0.817. The first-order chi connectivity index (χ1) is 12.9. The van der Waals surface area contributed by atoms with Crippen molar-refractivity contribution in [3.05, 3.63) is 29.0 Å². The molecule has 1 unspecified atom stereocenters. The molecular weight excluding hydrogens is 516 g/mol. The molecule has 2 N–H and O–H groups in total. The van der Waals surface area contributed by atoms with E-state index in [1.807, 2.05) is 12.3 Å². The van der Waals surface area contributed by atoms with Gasteiger partial charge in [0.15, 0.2) is 5.96 Å². The van der Waals surface area contributed by atoms with E-state index in [9.17, 15) is 9.18 Å². The second-order valence-electron chi connectivity index (χ2n) is 6.55. The number of guanidine groups is 1. The number of carbonyl (C=O) groups excluding carboxylic acids is 1. The van der Waals surface area contributed by atoms with E-state index in [2.05, 4.69) is 20.5 Å². The van der Waals surface area contributed by atoms with Gasteiger partial charge in [-0.05, 0) is 30.9 Å². The van der Waals surface area contributed by atoms with E-state index in [0.717, 1.165) is 37.5 Å². The van der Waals surface area contributed by atoms with Crippen LogP contribution in [-0.4, -0.2) is 75.1 Å². The Morgan fingerprint density at radius 3 is 2.86 bits per heavy atom. The molecule has 1 aromatic rings. The molecule has 0 saturated carbocycles. The zero-order valence-electron chi connectivity index (χ0n) is 16.4. The number of benzene rings is 1. The molecular formula is C18H28ClFIN5OS. The standard InChI is InChI=1S/C18H27ClFN5OS.HI/c1-24(2)17(26)11-22-18(21-7-9-27-3)23-13-6-8-25(12-13)14-4-5-15(19)16(20)10-14;/h4-5,10,13H,6-9,11-12H2,1-3H3,(H2,21,22,23);1H. The van der Waals surface area contributed by atoms with Crippen LogP contribution in [0.3, 0.4) is 0 Å². The van der Waals surface area contributed by atoms with E-state index in [4.69, 9.17) is 11.6 Å². The first-order valence-corrected chi connectivity index (χ1v) is 10.6. The highest BCUT2D eigenvalue weighted by Crippen LogP contribution is 2.25. The average Bonchev–Trinajstić information content (AvgIpc) is 3.10. The summed E-state index contributed by atoms with van der Waals surface area (Å²) in [5, 5.41) is 6.79.